The molecule has 6 heteroatoms. The van der Waals surface area contributed by atoms with Gasteiger partial charge in [0.15, 0.2) is 6.10 Å². The zero-order valence-electron chi connectivity index (χ0n) is 52.6. The van der Waals surface area contributed by atoms with E-state index in [0.29, 0.717) is 12.8 Å². The van der Waals surface area contributed by atoms with E-state index in [4.69, 9.17) is 14.2 Å². The summed E-state index contributed by atoms with van der Waals surface area (Å²) < 4.78 is 16.8. The first-order chi connectivity index (χ1) is 41.0. The first-order valence-corrected chi connectivity index (χ1v) is 32.6. The van der Waals surface area contributed by atoms with Gasteiger partial charge in [-0.15, -0.1) is 0 Å². The number of hydrogen-bond donors (Lipinski definition) is 0. The fraction of sp³-hybridized carbons (Fsp3) is 0.519. The van der Waals surface area contributed by atoms with E-state index >= 15 is 0 Å². The quantitative estimate of drug-likeness (QED) is 0.0261. The van der Waals surface area contributed by atoms with Gasteiger partial charge in [-0.05, 0) is 161 Å². The van der Waals surface area contributed by atoms with Gasteiger partial charge in [0.1, 0.15) is 13.2 Å². The molecule has 460 valence electrons. The van der Waals surface area contributed by atoms with Gasteiger partial charge in [0, 0.05) is 19.3 Å². The number of unbranched alkanes of at least 4 members (excludes halogenated alkanes) is 11. The third-order valence-electron chi connectivity index (χ3n) is 12.8. The summed E-state index contributed by atoms with van der Waals surface area (Å²) in [7, 11) is 0. The molecule has 0 spiro atoms. The Bertz CT molecular complexity index is 2030. The van der Waals surface area contributed by atoms with Gasteiger partial charge in [-0.1, -0.05) is 266 Å². The highest BCUT2D eigenvalue weighted by atomic mass is 16.6. The summed E-state index contributed by atoms with van der Waals surface area (Å²) in [4.78, 5) is 38.2. The van der Waals surface area contributed by atoms with Crippen molar-refractivity contribution in [3.8, 4) is 0 Å². The van der Waals surface area contributed by atoms with Crippen LogP contribution in [0.3, 0.4) is 0 Å². The molecule has 0 aromatic rings. The summed E-state index contributed by atoms with van der Waals surface area (Å²) in [5.74, 6) is -1.09. The number of hydrogen-bond acceptors (Lipinski definition) is 6. The van der Waals surface area contributed by atoms with E-state index in [1.165, 1.54) is 38.5 Å². The second-order valence-electron chi connectivity index (χ2n) is 20.5. The van der Waals surface area contributed by atoms with Crippen LogP contribution in [0.1, 0.15) is 239 Å². The minimum atomic E-state index is -0.846. The maximum Gasteiger partial charge on any atom is 0.306 e. The number of esters is 3. The Morgan fingerprint density at radius 2 is 0.494 bits per heavy atom. The molecule has 0 aromatic carbocycles. The van der Waals surface area contributed by atoms with Gasteiger partial charge in [0.05, 0.1) is 0 Å². The van der Waals surface area contributed by atoms with Crippen molar-refractivity contribution in [2.45, 2.75) is 245 Å². The van der Waals surface area contributed by atoms with Crippen molar-refractivity contribution in [1.82, 2.24) is 0 Å². The monoisotopic (exact) mass is 1140 g/mol. The summed E-state index contributed by atoms with van der Waals surface area (Å²) in [6, 6.07) is 0. The standard InChI is InChI=1S/C77H116O6/c1-4-7-10-13-16-19-22-25-27-29-31-32-33-34-35-36-37-38-39-40-41-42-43-44-46-47-49-52-55-58-61-64-67-70-76(79)82-73-74(72-81-75(78)69-66-63-60-57-54-51-24-21-18-15-12-9-6-3)83-77(80)71-68-65-62-59-56-53-50-48-45-30-28-26-23-20-17-14-11-8-5-2/h7,9-10,12,16-21,25-28,31-32,34-35,37-38,40-41,43-45,47-49,51,54-55,58,60,63,74H,4-6,8,11,13-15,22-24,29-30,33,36,39,42,46,50,52-53,56-57,59,61-62,64-73H2,1-3H3/b10-7-,12-9-,19-16-,20-17-,21-18-,27-25-,28-26-,32-31-,35-34-,38-37-,41-40-,44-43-,48-45-,49-47-,54-51-,58-55-,63-60-. The molecule has 0 bridgehead atoms. The molecule has 0 saturated heterocycles. The predicted molar refractivity (Wildman–Crippen MR) is 361 cm³/mol. The maximum absolute atomic E-state index is 12.9. The Kier molecular flexibility index (Phi) is 63.5. The molecular weight excluding hydrogens is 1020 g/mol. The SMILES string of the molecule is CC/C=C\C/C=C\C/C=C\C/C=C\C/C=C\C/C=C\C/C=C\C/C=C\C/C=C\C/C=C\CCCCC(=O)OCC(COC(=O)CC/C=C\C/C=C\C/C=C\C/C=C\CC)OC(=O)CCCCCCCC/C=C\C/C=C\C/C=C\CCCCC. The van der Waals surface area contributed by atoms with Gasteiger partial charge in [-0.2, -0.15) is 0 Å². The number of carbonyl (C=O) groups excluding carboxylic acids is 3. The molecule has 0 aromatic heterocycles. The minimum absolute atomic E-state index is 0.140. The molecule has 0 heterocycles. The van der Waals surface area contributed by atoms with Crippen molar-refractivity contribution < 1.29 is 28.6 Å². The van der Waals surface area contributed by atoms with E-state index < -0.39 is 6.10 Å². The normalized spacial score (nSPS) is 13.5. The summed E-state index contributed by atoms with van der Waals surface area (Å²) >= 11 is 0. The van der Waals surface area contributed by atoms with E-state index in [2.05, 4.69) is 215 Å². The van der Waals surface area contributed by atoms with Crippen LogP contribution in [0.25, 0.3) is 0 Å². The van der Waals surface area contributed by atoms with E-state index in [0.717, 1.165) is 148 Å². The van der Waals surface area contributed by atoms with E-state index in [1.54, 1.807) is 0 Å². The lowest BCUT2D eigenvalue weighted by atomic mass is 10.1. The van der Waals surface area contributed by atoms with Crippen LogP contribution in [0.2, 0.25) is 0 Å². The van der Waals surface area contributed by atoms with Crippen molar-refractivity contribution in [3.05, 3.63) is 207 Å². The van der Waals surface area contributed by atoms with Crippen LogP contribution in [-0.2, 0) is 28.6 Å². The van der Waals surface area contributed by atoms with Gasteiger partial charge >= 0.3 is 17.9 Å². The average molecular weight is 1140 g/mol. The van der Waals surface area contributed by atoms with Crippen LogP contribution >= 0.6 is 0 Å². The van der Waals surface area contributed by atoms with Crippen molar-refractivity contribution in [1.29, 1.82) is 0 Å². The maximum atomic E-state index is 12.9. The second-order valence-corrected chi connectivity index (χ2v) is 20.5. The molecule has 0 N–H and O–H groups in total. The Labute approximate surface area is 509 Å². The number of allylic oxidation sites excluding steroid dienone is 34. The summed E-state index contributed by atoms with van der Waals surface area (Å²) in [6.45, 7) is 6.25. The highest BCUT2D eigenvalue weighted by Gasteiger charge is 2.19. The molecule has 6 nitrogen and oxygen atoms in total. The predicted octanol–water partition coefficient (Wildman–Crippen LogP) is 22.8. The molecule has 0 aliphatic rings. The molecule has 0 saturated carbocycles. The minimum Gasteiger partial charge on any atom is -0.462 e. The molecule has 0 rings (SSSR count). The Hall–Kier alpha value is -6.01. The fourth-order valence-electron chi connectivity index (χ4n) is 7.96. The smallest absolute Gasteiger partial charge is 0.306 e. The van der Waals surface area contributed by atoms with Gasteiger partial charge in [0.2, 0.25) is 0 Å². The topological polar surface area (TPSA) is 78.9 Å². The van der Waals surface area contributed by atoms with E-state index in [-0.39, 0.29) is 50.4 Å². The third-order valence-corrected chi connectivity index (χ3v) is 12.8. The molecule has 1 atom stereocenters. The van der Waals surface area contributed by atoms with Gasteiger partial charge in [-0.25, -0.2) is 0 Å². The molecule has 1 unspecified atom stereocenters. The Morgan fingerprint density at radius 1 is 0.253 bits per heavy atom. The Morgan fingerprint density at radius 3 is 0.831 bits per heavy atom. The zero-order chi connectivity index (χ0) is 59.9. The van der Waals surface area contributed by atoms with Crippen LogP contribution in [0.5, 0.6) is 0 Å². The highest BCUT2D eigenvalue weighted by Crippen LogP contribution is 2.12. The van der Waals surface area contributed by atoms with Gasteiger partial charge in [0.25, 0.3) is 0 Å². The molecule has 0 fully saturated rings. The van der Waals surface area contributed by atoms with Crippen LogP contribution in [0, 0.1) is 0 Å². The molecule has 0 radical (unpaired) electrons. The van der Waals surface area contributed by atoms with Crippen LogP contribution < -0.4 is 0 Å². The van der Waals surface area contributed by atoms with Crippen LogP contribution in [0.4, 0.5) is 0 Å². The zero-order valence-corrected chi connectivity index (χ0v) is 52.6. The molecule has 83 heavy (non-hydrogen) atoms. The van der Waals surface area contributed by atoms with Crippen LogP contribution in [-0.4, -0.2) is 37.2 Å². The number of rotatable bonds is 56. The lowest BCUT2D eigenvalue weighted by molar-refractivity contribution is -0.166. The first-order valence-electron chi connectivity index (χ1n) is 32.6. The van der Waals surface area contributed by atoms with Crippen molar-refractivity contribution in [2.24, 2.45) is 0 Å². The summed E-state index contributed by atoms with van der Waals surface area (Å²) in [5, 5.41) is 0. The molecular formula is C77H116O6. The Balaban J connectivity index is 4.49. The van der Waals surface area contributed by atoms with Crippen molar-refractivity contribution in [2.75, 3.05) is 13.2 Å². The summed E-state index contributed by atoms with van der Waals surface area (Å²) in [6.07, 6.45) is 106. The lowest BCUT2D eigenvalue weighted by Crippen LogP contribution is -2.30. The van der Waals surface area contributed by atoms with E-state index in [1.807, 2.05) is 12.2 Å². The average Bonchev–Trinajstić information content (AvgIpc) is 3.49. The third kappa shape index (κ3) is 66.7. The van der Waals surface area contributed by atoms with Gasteiger partial charge in [-0.3, -0.25) is 14.4 Å². The van der Waals surface area contributed by atoms with Crippen molar-refractivity contribution in [3.63, 3.8) is 0 Å². The van der Waals surface area contributed by atoms with Crippen LogP contribution in [0.15, 0.2) is 207 Å². The lowest BCUT2D eigenvalue weighted by Gasteiger charge is -2.18. The fourth-order valence-corrected chi connectivity index (χ4v) is 7.96. The molecule has 0 aliphatic heterocycles. The van der Waals surface area contributed by atoms with Gasteiger partial charge < -0.3 is 14.2 Å². The number of carbonyl (C=O) groups is 3. The van der Waals surface area contributed by atoms with E-state index in [9.17, 15) is 14.4 Å². The summed E-state index contributed by atoms with van der Waals surface area (Å²) in [5.41, 5.74) is 0. The van der Waals surface area contributed by atoms with Crippen molar-refractivity contribution >= 4 is 17.9 Å². The first kappa shape index (κ1) is 77.0. The molecule has 0 amide bonds. The molecule has 0 aliphatic carbocycles. The highest BCUT2D eigenvalue weighted by molar-refractivity contribution is 5.71. The second kappa shape index (κ2) is 68.5. The number of ether oxygens (including phenoxy) is 3. The largest absolute Gasteiger partial charge is 0.462 e.